The van der Waals surface area contributed by atoms with Gasteiger partial charge in [0.15, 0.2) is 0 Å². The van der Waals surface area contributed by atoms with E-state index in [-0.39, 0.29) is 5.03 Å². The van der Waals surface area contributed by atoms with E-state index in [4.69, 9.17) is 10.5 Å². The number of allylic oxidation sites excluding steroid dienone is 1. The average Bonchev–Trinajstić information content (AvgIpc) is 3.05. The molecule has 4 N–H and O–H groups in total. The Hall–Kier alpha value is -3.44. The predicted octanol–water partition coefficient (Wildman–Crippen LogP) is 2.94. The maximum absolute atomic E-state index is 12.8. The summed E-state index contributed by atoms with van der Waals surface area (Å²) in [5.41, 5.74) is 7.60. The molecule has 2 atom stereocenters. The number of hydrogen-bond donors (Lipinski definition) is 3. The van der Waals surface area contributed by atoms with Gasteiger partial charge in [0.2, 0.25) is 5.91 Å². The number of thioether (sulfide) groups is 1. The summed E-state index contributed by atoms with van der Waals surface area (Å²) in [5, 5.41) is 14.0. The minimum atomic E-state index is -0.732. The van der Waals surface area contributed by atoms with Crippen LogP contribution in [0.15, 0.2) is 65.2 Å². The first kappa shape index (κ1) is 19.3. The first-order chi connectivity index (χ1) is 13.5. The molecule has 0 aromatic heterocycles. The predicted molar refractivity (Wildman–Crippen MR) is 108 cm³/mol. The van der Waals surface area contributed by atoms with Gasteiger partial charge in [-0.15, -0.1) is 0 Å². The highest BCUT2D eigenvalue weighted by atomic mass is 32.2. The van der Waals surface area contributed by atoms with Crippen molar-refractivity contribution in [2.75, 3.05) is 12.4 Å². The van der Waals surface area contributed by atoms with Gasteiger partial charge in [-0.25, -0.2) is 4.79 Å². The molecule has 1 heterocycles. The molecular weight excluding hydrogens is 376 g/mol. The van der Waals surface area contributed by atoms with Gasteiger partial charge in [0.25, 0.3) is 0 Å². The summed E-state index contributed by atoms with van der Waals surface area (Å²) in [4.78, 5) is 24.9. The van der Waals surface area contributed by atoms with E-state index in [0.29, 0.717) is 17.0 Å². The number of nitriles is 1. The number of ether oxygens (including phenoxy) is 1. The van der Waals surface area contributed by atoms with E-state index in [1.807, 2.05) is 6.07 Å². The summed E-state index contributed by atoms with van der Waals surface area (Å²) in [5.74, 6) is -0.411. The van der Waals surface area contributed by atoms with Crippen molar-refractivity contribution >= 4 is 29.4 Å². The summed E-state index contributed by atoms with van der Waals surface area (Å²) >= 11 is 1.08. The molecule has 8 heteroatoms. The lowest BCUT2D eigenvalue weighted by atomic mass is 9.88. The number of amides is 3. The van der Waals surface area contributed by atoms with Crippen molar-refractivity contribution < 1.29 is 14.3 Å². The highest BCUT2D eigenvalue weighted by Crippen LogP contribution is 2.45. The quantitative estimate of drug-likeness (QED) is 0.734. The number of anilines is 1. The van der Waals surface area contributed by atoms with Gasteiger partial charge in [0.05, 0.1) is 23.8 Å². The molecule has 2 aromatic rings. The number of imide groups is 1. The first-order valence-corrected chi connectivity index (χ1v) is 9.28. The fourth-order valence-electron chi connectivity index (χ4n) is 2.92. The number of benzene rings is 2. The molecule has 1 aliphatic rings. The minimum absolute atomic E-state index is 0.284. The zero-order valence-corrected chi connectivity index (χ0v) is 15.8. The van der Waals surface area contributed by atoms with Crippen LogP contribution in [0, 0.1) is 11.3 Å². The van der Waals surface area contributed by atoms with Gasteiger partial charge in [-0.3, -0.25) is 10.1 Å². The summed E-state index contributed by atoms with van der Waals surface area (Å²) in [6.45, 7) is 0. The Morgan fingerprint density at radius 1 is 1.14 bits per heavy atom. The number of methoxy groups -OCH3 is 1. The Labute approximate surface area is 166 Å². The molecule has 3 amide bonds. The Bertz CT molecular complexity index is 952. The fraction of sp³-hybridized carbons (Fsp3) is 0.150. The monoisotopic (exact) mass is 394 g/mol. The number of nitrogens with one attached hydrogen (secondary N) is 2. The van der Waals surface area contributed by atoms with E-state index < -0.39 is 23.1 Å². The second kappa shape index (κ2) is 8.50. The first-order valence-electron chi connectivity index (χ1n) is 8.40. The molecule has 1 aliphatic heterocycles. The van der Waals surface area contributed by atoms with Crippen molar-refractivity contribution in [2.24, 2.45) is 5.73 Å². The van der Waals surface area contributed by atoms with Gasteiger partial charge in [-0.05, 0) is 29.8 Å². The Kier molecular flexibility index (Phi) is 5.87. The summed E-state index contributed by atoms with van der Waals surface area (Å²) in [6, 6.07) is 17.3. The highest BCUT2D eigenvalue weighted by molar-refractivity contribution is 8.04. The van der Waals surface area contributed by atoms with E-state index >= 15 is 0 Å². The van der Waals surface area contributed by atoms with Crippen molar-refractivity contribution in [2.45, 2.75) is 11.2 Å². The molecule has 0 saturated heterocycles. The molecule has 0 spiro atoms. The van der Waals surface area contributed by atoms with Crippen LogP contribution in [0.25, 0.3) is 0 Å². The van der Waals surface area contributed by atoms with Crippen LogP contribution in [0.5, 0.6) is 5.75 Å². The molecule has 3 rings (SSSR count). The topological polar surface area (TPSA) is 117 Å². The SMILES string of the molecule is COc1ccc(C2C(C#N)=C(N)SC2C(=O)NC(=O)Nc2ccccc2)cc1. The van der Waals surface area contributed by atoms with Crippen LogP contribution >= 0.6 is 11.8 Å². The standard InChI is InChI=1S/C20H18N4O3S/c1-27-14-9-7-12(8-10-14)16-15(11-21)18(22)28-17(16)19(25)24-20(26)23-13-5-3-2-4-6-13/h2-10,16-17H,22H2,1H3,(H2,23,24,25,26). The second-order valence-corrected chi connectivity index (χ2v) is 7.17. The number of nitrogens with zero attached hydrogens (tertiary/aromatic N) is 1. The third kappa shape index (κ3) is 4.10. The van der Waals surface area contributed by atoms with E-state index in [1.165, 1.54) is 0 Å². The number of nitrogens with two attached hydrogens (primary N) is 1. The highest BCUT2D eigenvalue weighted by Gasteiger charge is 2.41. The largest absolute Gasteiger partial charge is 0.497 e. The molecule has 0 fully saturated rings. The van der Waals surface area contributed by atoms with E-state index in [2.05, 4.69) is 16.7 Å². The Morgan fingerprint density at radius 3 is 2.43 bits per heavy atom. The number of carbonyl (C=O) groups is 2. The van der Waals surface area contributed by atoms with Gasteiger partial charge in [0, 0.05) is 11.6 Å². The van der Waals surface area contributed by atoms with E-state index in [0.717, 1.165) is 17.3 Å². The Morgan fingerprint density at radius 2 is 1.82 bits per heavy atom. The van der Waals surface area contributed by atoms with Crippen molar-refractivity contribution in [1.82, 2.24) is 5.32 Å². The molecular formula is C20H18N4O3S. The lowest BCUT2D eigenvalue weighted by molar-refractivity contribution is -0.119. The van der Waals surface area contributed by atoms with Crippen LogP contribution < -0.4 is 21.1 Å². The molecule has 2 unspecified atom stereocenters. The molecule has 7 nitrogen and oxygen atoms in total. The third-order valence-corrected chi connectivity index (χ3v) is 5.47. The summed E-state index contributed by atoms with van der Waals surface area (Å²) in [6.07, 6.45) is 0. The second-order valence-electron chi connectivity index (χ2n) is 5.99. The third-order valence-electron chi connectivity index (χ3n) is 4.26. The molecule has 142 valence electrons. The van der Waals surface area contributed by atoms with Gasteiger partial charge < -0.3 is 15.8 Å². The minimum Gasteiger partial charge on any atom is -0.497 e. The lowest BCUT2D eigenvalue weighted by Gasteiger charge is -2.19. The molecule has 0 bridgehead atoms. The van der Waals surface area contributed by atoms with Crippen molar-refractivity contribution in [3.05, 3.63) is 70.8 Å². The zero-order valence-electron chi connectivity index (χ0n) is 15.0. The summed E-state index contributed by atoms with van der Waals surface area (Å²) in [7, 11) is 1.56. The van der Waals surface area contributed by atoms with Crippen molar-refractivity contribution in [1.29, 1.82) is 5.26 Å². The van der Waals surface area contributed by atoms with Gasteiger partial charge >= 0.3 is 6.03 Å². The van der Waals surface area contributed by atoms with Crippen LogP contribution in [-0.2, 0) is 4.79 Å². The van der Waals surface area contributed by atoms with E-state index in [9.17, 15) is 14.9 Å². The number of urea groups is 1. The van der Waals surface area contributed by atoms with Crippen molar-refractivity contribution in [3.63, 3.8) is 0 Å². The van der Waals surface area contributed by atoms with Crippen LogP contribution in [0.2, 0.25) is 0 Å². The van der Waals surface area contributed by atoms with E-state index in [1.54, 1.807) is 55.6 Å². The van der Waals surface area contributed by atoms with Crippen LogP contribution in [-0.4, -0.2) is 24.3 Å². The van der Waals surface area contributed by atoms with Crippen molar-refractivity contribution in [3.8, 4) is 11.8 Å². The van der Waals surface area contributed by atoms with Gasteiger partial charge in [0.1, 0.15) is 11.0 Å². The van der Waals surface area contributed by atoms with Gasteiger partial charge in [-0.1, -0.05) is 42.1 Å². The molecule has 28 heavy (non-hydrogen) atoms. The van der Waals surface area contributed by atoms with Crippen LogP contribution in [0.1, 0.15) is 11.5 Å². The number of rotatable bonds is 4. The average molecular weight is 394 g/mol. The Balaban J connectivity index is 1.78. The normalized spacial score (nSPS) is 18.3. The van der Waals surface area contributed by atoms with Crippen LogP contribution in [0.3, 0.4) is 0 Å². The maximum Gasteiger partial charge on any atom is 0.325 e. The lowest BCUT2D eigenvalue weighted by Crippen LogP contribution is -2.41. The number of carbonyl (C=O) groups excluding carboxylic acids is 2. The zero-order chi connectivity index (χ0) is 20.1. The molecule has 0 radical (unpaired) electrons. The smallest absolute Gasteiger partial charge is 0.325 e. The number of para-hydroxylation sites is 1. The number of hydrogen-bond acceptors (Lipinski definition) is 6. The van der Waals surface area contributed by atoms with Gasteiger partial charge in [-0.2, -0.15) is 5.26 Å². The molecule has 0 aliphatic carbocycles. The molecule has 2 aromatic carbocycles. The summed E-state index contributed by atoms with van der Waals surface area (Å²) < 4.78 is 5.15. The maximum atomic E-state index is 12.8. The van der Waals surface area contributed by atoms with Crippen LogP contribution in [0.4, 0.5) is 10.5 Å². The molecule has 0 saturated carbocycles. The fourth-order valence-corrected chi connectivity index (χ4v) is 4.09.